The first-order valence-electron chi connectivity index (χ1n) is 4.29. The summed E-state index contributed by atoms with van der Waals surface area (Å²) in [4.78, 5) is 3.65. The minimum absolute atomic E-state index is 0.0675. The van der Waals surface area contributed by atoms with Gasteiger partial charge in [0.25, 0.3) is 0 Å². The maximum Gasteiger partial charge on any atom is 0.422 e. The minimum Gasteiger partial charge on any atom is -0.468 e. The van der Waals surface area contributed by atoms with Gasteiger partial charge in [0.05, 0.1) is 0 Å². The molecule has 6 heteroatoms. The molecule has 1 heterocycles. The minimum atomic E-state index is -4.36. The Hall–Kier alpha value is -1.30. The van der Waals surface area contributed by atoms with Crippen LogP contribution in [0.15, 0.2) is 18.3 Å². The van der Waals surface area contributed by atoms with Crippen LogP contribution in [0.4, 0.5) is 13.2 Å². The molecule has 2 N–H and O–H groups in total. The van der Waals surface area contributed by atoms with Gasteiger partial charge in [-0.3, -0.25) is 0 Å². The Morgan fingerprint density at radius 3 is 2.73 bits per heavy atom. The first kappa shape index (κ1) is 11.8. The molecule has 0 fully saturated rings. The fourth-order valence-corrected chi connectivity index (χ4v) is 0.943. The predicted octanol–water partition coefficient (Wildman–Crippen LogP) is 2.04. The number of ether oxygens (including phenoxy) is 1. The highest BCUT2D eigenvalue weighted by Gasteiger charge is 2.28. The van der Waals surface area contributed by atoms with Crippen LogP contribution in [0, 0.1) is 0 Å². The molecule has 0 aliphatic rings. The maximum atomic E-state index is 11.8. The van der Waals surface area contributed by atoms with E-state index in [1.807, 2.05) is 0 Å². The smallest absolute Gasteiger partial charge is 0.422 e. The summed E-state index contributed by atoms with van der Waals surface area (Å²) in [6.07, 6.45) is -2.99. The van der Waals surface area contributed by atoms with Crippen molar-refractivity contribution in [3.8, 4) is 5.88 Å². The molecule has 3 nitrogen and oxygen atoms in total. The number of alkyl halides is 3. The third-order valence-corrected chi connectivity index (χ3v) is 1.67. The standard InChI is InChI=1S/C9H11F3N2O/c1-6(13)7-2-3-14-8(4-7)15-5-9(10,11)12/h2-4,6H,5,13H2,1H3. The molecule has 1 rings (SSSR count). The molecule has 1 aromatic heterocycles. The lowest BCUT2D eigenvalue weighted by molar-refractivity contribution is -0.154. The van der Waals surface area contributed by atoms with E-state index in [-0.39, 0.29) is 11.9 Å². The molecule has 1 aromatic rings. The number of nitrogens with two attached hydrogens (primary N) is 1. The summed E-state index contributed by atoms with van der Waals surface area (Å²) in [5.74, 6) is -0.0675. The lowest BCUT2D eigenvalue weighted by Crippen LogP contribution is -2.19. The second-order valence-corrected chi connectivity index (χ2v) is 3.12. The summed E-state index contributed by atoms with van der Waals surface area (Å²) >= 11 is 0. The van der Waals surface area contributed by atoms with Crippen LogP contribution in [0.25, 0.3) is 0 Å². The third kappa shape index (κ3) is 4.16. The second kappa shape index (κ2) is 4.48. The van der Waals surface area contributed by atoms with Gasteiger partial charge in [-0.1, -0.05) is 0 Å². The zero-order valence-electron chi connectivity index (χ0n) is 8.08. The van der Waals surface area contributed by atoms with E-state index in [0.29, 0.717) is 5.56 Å². The maximum absolute atomic E-state index is 11.8. The van der Waals surface area contributed by atoms with Crippen molar-refractivity contribution in [1.82, 2.24) is 4.98 Å². The van der Waals surface area contributed by atoms with Gasteiger partial charge in [0.1, 0.15) is 0 Å². The molecule has 1 unspecified atom stereocenters. The van der Waals surface area contributed by atoms with Gasteiger partial charge in [0.2, 0.25) is 5.88 Å². The van der Waals surface area contributed by atoms with Crippen molar-refractivity contribution in [3.05, 3.63) is 23.9 Å². The normalized spacial score (nSPS) is 13.7. The zero-order chi connectivity index (χ0) is 11.5. The highest BCUT2D eigenvalue weighted by Crippen LogP contribution is 2.19. The van der Waals surface area contributed by atoms with Crippen LogP contribution in [0.5, 0.6) is 5.88 Å². The van der Waals surface area contributed by atoms with Crippen molar-refractivity contribution in [1.29, 1.82) is 0 Å². The van der Waals surface area contributed by atoms with Gasteiger partial charge in [0, 0.05) is 18.3 Å². The monoisotopic (exact) mass is 220 g/mol. The summed E-state index contributed by atoms with van der Waals surface area (Å²) in [5, 5.41) is 0. The number of nitrogens with zero attached hydrogens (tertiary/aromatic N) is 1. The van der Waals surface area contributed by atoms with Crippen molar-refractivity contribution >= 4 is 0 Å². The average Bonchev–Trinajstić information content (AvgIpc) is 2.14. The van der Waals surface area contributed by atoms with Gasteiger partial charge in [0.15, 0.2) is 6.61 Å². The van der Waals surface area contributed by atoms with Gasteiger partial charge in [-0.2, -0.15) is 13.2 Å². The summed E-state index contributed by atoms with van der Waals surface area (Å²) in [5.41, 5.74) is 6.24. The van der Waals surface area contributed by atoms with Crippen molar-refractivity contribution in [3.63, 3.8) is 0 Å². The number of halogens is 3. The number of hydrogen-bond donors (Lipinski definition) is 1. The Morgan fingerprint density at radius 1 is 1.53 bits per heavy atom. The highest BCUT2D eigenvalue weighted by atomic mass is 19.4. The summed E-state index contributed by atoms with van der Waals surface area (Å²) in [7, 11) is 0. The molecular weight excluding hydrogens is 209 g/mol. The lowest BCUT2D eigenvalue weighted by Gasteiger charge is -2.10. The molecule has 1 atom stereocenters. The van der Waals surface area contributed by atoms with Crippen LogP contribution in [-0.2, 0) is 0 Å². The van der Waals surface area contributed by atoms with E-state index in [1.165, 1.54) is 12.3 Å². The zero-order valence-corrected chi connectivity index (χ0v) is 8.08. The molecule has 0 aliphatic heterocycles. The van der Waals surface area contributed by atoms with Crippen LogP contribution in [0.1, 0.15) is 18.5 Å². The van der Waals surface area contributed by atoms with Crippen LogP contribution in [0.2, 0.25) is 0 Å². The van der Waals surface area contributed by atoms with Gasteiger partial charge in [-0.05, 0) is 18.6 Å². The Labute approximate surface area is 85.1 Å². The molecular formula is C9H11F3N2O. The summed E-state index contributed by atoms with van der Waals surface area (Å²) in [6, 6.07) is 2.77. The third-order valence-electron chi connectivity index (χ3n) is 1.67. The number of hydrogen-bond acceptors (Lipinski definition) is 3. The average molecular weight is 220 g/mol. The largest absolute Gasteiger partial charge is 0.468 e. The molecule has 0 amide bonds. The van der Waals surface area contributed by atoms with Crippen molar-refractivity contribution < 1.29 is 17.9 Å². The first-order chi connectivity index (χ1) is 6.88. The van der Waals surface area contributed by atoms with Crippen molar-refractivity contribution in [2.45, 2.75) is 19.1 Å². The van der Waals surface area contributed by atoms with Crippen LogP contribution >= 0.6 is 0 Å². The van der Waals surface area contributed by atoms with E-state index in [2.05, 4.69) is 9.72 Å². The fraction of sp³-hybridized carbons (Fsp3) is 0.444. The molecule has 0 saturated heterocycles. The number of rotatable bonds is 3. The summed E-state index contributed by atoms with van der Waals surface area (Å²) < 4.78 is 39.9. The molecule has 0 spiro atoms. The molecule has 0 aliphatic carbocycles. The number of pyridine rings is 1. The Balaban J connectivity index is 2.66. The predicted molar refractivity (Wildman–Crippen MR) is 48.4 cm³/mol. The van der Waals surface area contributed by atoms with E-state index in [9.17, 15) is 13.2 Å². The van der Waals surface area contributed by atoms with Gasteiger partial charge >= 0.3 is 6.18 Å². The van der Waals surface area contributed by atoms with E-state index in [4.69, 9.17) is 5.73 Å². The Morgan fingerprint density at radius 2 is 2.20 bits per heavy atom. The molecule has 84 valence electrons. The topological polar surface area (TPSA) is 48.1 Å². The molecule has 0 saturated carbocycles. The molecule has 0 bridgehead atoms. The Bertz CT molecular complexity index is 325. The van der Waals surface area contributed by atoms with Crippen molar-refractivity contribution in [2.24, 2.45) is 5.73 Å². The van der Waals surface area contributed by atoms with E-state index >= 15 is 0 Å². The highest BCUT2D eigenvalue weighted by molar-refractivity contribution is 5.22. The van der Waals surface area contributed by atoms with Gasteiger partial charge in [-0.25, -0.2) is 4.98 Å². The lowest BCUT2D eigenvalue weighted by atomic mass is 10.1. The fourth-order valence-electron chi connectivity index (χ4n) is 0.943. The van der Waals surface area contributed by atoms with E-state index < -0.39 is 12.8 Å². The van der Waals surface area contributed by atoms with Crippen LogP contribution in [0.3, 0.4) is 0 Å². The SMILES string of the molecule is CC(N)c1ccnc(OCC(F)(F)F)c1. The first-order valence-corrected chi connectivity index (χ1v) is 4.29. The number of aromatic nitrogens is 1. The van der Waals surface area contributed by atoms with Gasteiger partial charge < -0.3 is 10.5 Å². The molecule has 0 radical (unpaired) electrons. The van der Waals surface area contributed by atoms with E-state index in [0.717, 1.165) is 0 Å². The summed E-state index contributed by atoms with van der Waals surface area (Å²) in [6.45, 7) is 0.380. The molecule has 0 aromatic carbocycles. The Kier molecular flexibility index (Phi) is 3.52. The van der Waals surface area contributed by atoms with Gasteiger partial charge in [-0.15, -0.1) is 0 Å². The molecule has 15 heavy (non-hydrogen) atoms. The second-order valence-electron chi connectivity index (χ2n) is 3.12. The van der Waals surface area contributed by atoms with Crippen LogP contribution in [-0.4, -0.2) is 17.8 Å². The quantitative estimate of drug-likeness (QED) is 0.847. The van der Waals surface area contributed by atoms with E-state index in [1.54, 1.807) is 13.0 Å². The van der Waals surface area contributed by atoms with Crippen LogP contribution < -0.4 is 10.5 Å². The van der Waals surface area contributed by atoms with Crippen molar-refractivity contribution in [2.75, 3.05) is 6.61 Å².